The van der Waals surface area contributed by atoms with Gasteiger partial charge < -0.3 is 14.4 Å². The summed E-state index contributed by atoms with van der Waals surface area (Å²) in [6.45, 7) is 1.68. The van der Waals surface area contributed by atoms with Crippen LogP contribution in [-0.2, 0) is 24.5 Å². The number of methoxy groups -OCH3 is 1. The number of carbonyl (C=O) groups is 1. The summed E-state index contributed by atoms with van der Waals surface area (Å²) >= 11 is 2.34. The van der Waals surface area contributed by atoms with Crippen LogP contribution in [0.15, 0.2) is 60.7 Å². The standard InChI is InChI=1S/C25H20INO3/c1-29-20-8-6-16(7-9-20)13-27-24(12-17-4-2-3-5-23(17)26)21-10-18-14-30-15-19(18)11-22(21)25(27)28/h2-12H,13-15H2,1H3/b24-12-. The minimum absolute atomic E-state index is 0.0349. The quantitative estimate of drug-likeness (QED) is 0.437. The summed E-state index contributed by atoms with van der Waals surface area (Å²) in [5.41, 5.74) is 7.11. The van der Waals surface area contributed by atoms with E-state index in [9.17, 15) is 4.79 Å². The summed E-state index contributed by atoms with van der Waals surface area (Å²) in [6.07, 6.45) is 2.12. The number of nitrogens with zero attached hydrogens (tertiary/aromatic N) is 1. The lowest BCUT2D eigenvalue weighted by atomic mass is 9.99. The summed E-state index contributed by atoms with van der Waals surface area (Å²) in [5.74, 6) is 0.841. The monoisotopic (exact) mass is 509 g/mol. The average Bonchev–Trinajstić information content (AvgIpc) is 3.32. The Bertz CT molecular complexity index is 1170. The van der Waals surface area contributed by atoms with Crippen LogP contribution >= 0.6 is 22.6 Å². The zero-order chi connectivity index (χ0) is 20.7. The predicted molar refractivity (Wildman–Crippen MR) is 125 cm³/mol. The second-order valence-corrected chi connectivity index (χ2v) is 8.61. The van der Waals surface area contributed by atoms with Gasteiger partial charge in [-0.1, -0.05) is 30.3 Å². The van der Waals surface area contributed by atoms with Gasteiger partial charge in [0.15, 0.2) is 0 Å². The van der Waals surface area contributed by atoms with Crippen molar-refractivity contribution < 1.29 is 14.3 Å². The van der Waals surface area contributed by atoms with E-state index in [1.54, 1.807) is 7.11 Å². The molecule has 30 heavy (non-hydrogen) atoms. The molecule has 2 heterocycles. The molecule has 0 aromatic heterocycles. The highest BCUT2D eigenvalue weighted by Gasteiger charge is 2.34. The molecule has 2 aliphatic rings. The van der Waals surface area contributed by atoms with Gasteiger partial charge in [0, 0.05) is 14.7 Å². The van der Waals surface area contributed by atoms with Crippen LogP contribution in [0.5, 0.6) is 5.75 Å². The molecular weight excluding hydrogens is 489 g/mol. The van der Waals surface area contributed by atoms with Crippen molar-refractivity contribution in [3.8, 4) is 5.75 Å². The topological polar surface area (TPSA) is 38.8 Å². The van der Waals surface area contributed by atoms with Gasteiger partial charge in [-0.3, -0.25) is 4.79 Å². The fraction of sp³-hybridized carbons (Fsp3) is 0.160. The summed E-state index contributed by atoms with van der Waals surface area (Å²) in [7, 11) is 1.65. The first-order chi connectivity index (χ1) is 14.6. The third-order valence-electron chi connectivity index (χ3n) is 5.59. The van der Waals surface area contributed by atoms with Crippen LogP contribution in [0.3, 0.4) is 0 Å². The summed E-state index contributed by atoms with van der Waals surface area (Å²) in [6, 6.07) is 20.2. The van der Waals surface area contributed by atoms with Crippen LogP contribution in [0, 0.1) is 3.57 Å². The van der Waals surface area contributed by atoms with Gasteiger partial charge in [0.25, 0.3) is 5.91 Å². The molecule has 3 aromatic carbocycles. The fourth-order valence-corrected chi connectivity index (χ4v) is 4.53. The molecule has 5 heteroatoms. The predicted octanol–water partition coefficient (Wildman–Crippen LogP) is 5.48. The Morgan fingerprint density at radius 3 is 2.43 bits per heavy atom. The van der Waals surface area contributed by atoms with Crippen LogP contribution in [0.1, 0.15) is 38.2 Å². The molecule has 150 valence electrons. The maximum absolute atomic E-state index is 13.4. The SMILES string of the molecule is COc1ccc(CN2C(=O)c3cc4c(cc3/C2=C/c2ccccc2I)COC4)cc1. The van der Waals surface area contributed by atoms with E-state index in [0.717, 1.165) is 42.8 Å². The molecule has 5 rings (SSSR count). The van der Waals surface area contributed by atoms with Gasteiger partial charge in [0.1, 0.15) is 5.75 Å². The van der Waals surface area contributed by atoms with Gasteiger partial charge in [0.2, 0.25) is 0 Å². The minimum atomic E-state index is 0.0349. The Balaban J connectivity index is 1.60. The number of fused-ring (bicyclic) bond motifs is 2. The van der Waals surface area contributed by atoms with Crippen LogP contribution in [-0.4, -0.2) is 17.9 Å². The summed E-state index contributed by atoms with van der Waals surface area (Å²) < 4.78 is 12.0. The Hall–Kier alpha value is -2.64. The van der Waals surface area contributed by atoms with Gasteiger partial charge in [-0.05, 0) is 81.3 Å². The number of halogens is 1. The molecule has 0 unspecified atom stereocenters. The summed E-state index contributed by atoms with van der Waals surface area (Å²) in [5, 5.41) is 0. The van der Waals surface area contributed by atoms with Gasteiger partial charge in [-0.2, -0.15) is 0 Å². The largest absolute Gasteiger partial charge is 0.497 e. The number of ether oxygens (including phenoxy) is 2. The lowest BCUT2D eigenvalue weighted by Gasteiger charge is -2.19. The normalized spacial score (nSPS) is 16.1. The number of amides is 1. The second kappa shape index (κ2) is 7.89. The Morgan fingerprint density at radius 1 is 1.03 bits per heavy atom. The number of hydrogen-bond donors (Lipinski definition) is 0. The van der Waals surface area contributed by atoms with E-state index in [-0.39, 0.29) is 5.91 Å². The molecule has 0 N–H and O–H groups in total. The van der Waals surface area contributed by atoms with Crippen molar-refractivity contribution in [3.05, 3.63) is 97.6 Å². The van der Waals surface area contributed by atoms with E-state index >= 15 is 0 Å². The smallest absolute Gasteiger partial charge is 0.259 e. The van der Waals surface area contributed by atoms with E-state index in [1.807, 2.05) is 47.4 Å². The highest BCUT2D eigenvalue weighted by Crippen LogP contribution is 2.39. The molecule has 0 saturated heterocycles. The molecule has 4 nitrogen and oxygen atoms in total. The Morgan fingerprint density at radius 2 is 1.73 bits per heavy atom. The lowest BCUT2D eigenvalue weighted by molar-refractivity contribution is 0.0843. The zero-order valence-corrected chi connectivity index (χ0v) is 18.7. The average molecular weight is 509 g/mol. The number of benzene rings is 3. The molecule has 0 fully saturated rings. The van der Waals surface area contributed by atoms with Crippen molar-refractivity contribution in [3.63, 3.8) is 0 Å². The van der Waals surface area contributed by atoms with Crippen LogP contribution in [0.25, 0.3) is 11.8 Å². The number of carbonyl (C=O) groups excluding carboxylic acids is 1. The van der Waals surface area contributed by atoms with Crippen LogP contribution in [0.4, 0.5) is 0 Å². The number of hydrogen-bond acceptors (Lipinski definition) is 3. The Kier molecular flexibility index (Phi) is 5.08. The van der Waals surface area contributed by atoms with E-state index in [2.05, 4.69) is 46.9 Å². The molecule has 0 saturated carbocycles. The Labute approximate surface area is 189 Å². The van der Waals surface area contributed by atoms with Crippen molar-refractivity contribution in [2.24, 2.45) is 0 Å². The molecule has 3 aromatic rings. The molecule has 2 aliphatic heterocycles. The van der Waals surface area contributed by atoms with E-state index in [1.165, 1.54) is 5.56 Å². The molecule has 1 amide bonds. The van der Waals surface area contributed by atoms with E-state index in [0.29, 0.717) is 19.8 Å². The van der Waals surface area contributed by atoms with E-state index < -0.39 is 0 Å². The lowest BCUT2D eigenvalue weighted by Crippen LogP contribution is -2.22. The third kappa shape index (κ3) is 3.42. The van der Waals surface area contributed by atoms with Gasteiger partial charge in [-0.15, -0.1) is 0 Å². The molecular formula is C25H20INO3. The molecule has 0 atom stereocenters. The highest BCUT2D eigenvalue weighted by atomic mass is 127. The zero-order valence-electron chi connectivity index (χ0n) is 16.5. The first-order valence-corrected chi connectivity index (χ1v) is 10.9. The van der Waals surface area contributed by atoms with Crippen molar-refractivity contribution in [1.29, 1.82) is 0 Å². The first kappa shape index (κ1) is 19.3. The minimum Gasteiger partial charge on any atom is -0.497 e. The molecule has 0 aliphatic carbocycles. The van der Waals surface area contributed by atoms with Gasteiger partial charge in [-0.25, -0.2) is 0 Å². The molecule has 0 radical (unpaired) electrons. The molecule has 0 bridgehead atoms. The van der Waals surface area contributed by atoms with Crippen LogP contribution in [0.2, 0.25) is 0 Å². The third-order valence-corrected chi connectivity index (χ3v) is 6.58. The number of rotatable bonds is 4. The van der Waals surface area contributed by atoms with E-state index in [4.69, 9.17) is 9.47 Å². The van der Waals surface area contributed by atoms with Crippen molar-refractivity contribution in [2.45, 2.75) is 19.8 Å². The maximum Gasteiger partial charge on any atom is 0.259 e. The van der Waals surface area contributed by atoms with Crippen LogP contribution < -0.4 is 4.74 Å². The van der Waals surface area contributed by atoms with Gasteiger partial charge >= 0.3 is 0 Å². The van der Waals surface area contributed by atoms with Gasteiger partial charge in [0.05, 0.1) is 32.6 Å². The van der Waals surface area contributed by atoms with Crippen molar-refractivity contribution in [1.82, 2.24) is 4.90 Å². The fourth-order valence-electron chi connectivity index (χ4n) is 3.98. The summed E-state index contributed by atoms with van der Waals surface area (Å²) in [4.78, 5) is 15.3. The van der Waals surface area contributed by atoms with Crippen molar-refractivity contribution in [2.75, 3.05) is 7.11 Å². The molecule has 0 spiro atoms. The second-order valence-electron chi connectivity index (χ2n) is 7.45. The first-order valence-electron chi connectivity index (χ1n) is 9.79. The maximum atomic E-state index is 13.4. The highest BCUT2D eigenvalue weighted by molar-refractivity contribution is 14.1. The van der Waals surface area contributed by atoms with Crippen molar-refractivity contribution >= 4 is 40.3 Å².